The molecule has 1 heterocycles. The number of rotatable bonds is 2. The van der Waals surface area contributed by atoms with Crippen molar-refractivity contribution in [3.63, 3.8) is 0 Å². The first-order valence-electron chi connectivity index (χ1n) is 5.35. The molecule has 1 aromatic rings. The van der Waals surface area contributed by atoms with Crippen LogP contribution in [0.5, 0.6) is 0 Å². The van der Waals surface area contributed by atoms with Crippen molar-refractivity contribution in [2.45, 2.75) is 12.5 Å². The van der Waals surface area contributed by atoms with Crippen LogP contribution in [0.3, 0.4) is 0 Å². The number of carbonyl (C=O) groups is 1. The lowest BCUT2D eigenvalue weighted by molar-refractivity contribution is 0.0929. The summed E-state index contributed by atoms with van der Waals surface area (Å²) in [5.41, 5.74) is -1.22. The van der Waals surface area contributed by atoms with Gasteiger partial charge in [-0.05, 0) is 13.0 Å². The van der Waals surface area contributed by atoms with Gasteiger partial charge in [-0.3, -0.25) is 4.79 Å². The van der Waals surface area contributed by atoms with Crippen LogP contribution in [0.1, 0.15) is 16.8 Å². The molecule has 1 fully saturated rings. The maximum absolute atomic E-state index is 13.3. The molecule has 7 heteroatoms. The standard InChI is InChI=1S/C11H10F4N2O/c12-6-3-7(13)10(15)8(9(6)14)11(18)17-5-1-2-16-4-5/h3,5,16H,1-2,4H2,(H,17,18). The average Bonchev–Trinajstić information content (AvgIpc) is 2.79. The van der Waals surface area contributed by atoms with Crippen LogP contribution < -0.4 is 10.6 Å². The van der Waals surface area contributed by atoms with Crippen LogP contribution in [0.2, 0.25) is 0 Å². The Hall–Kier alpha value is -1.63. The second kappa shape index (κ2) is 4.93. The topological polar surface area (TPSA) is 41.1 Å². The lowest BCUT2D eigenvalue weighted by atomic mass is 10.1. The van der Waals surface area contributed by atoms with Gasteiger partial charge in [0.05, 0.1) is 0 Å². The van der Waals surface area contributed by atoms with Crippen molar-refractivity contribution in [2.24, 2.45) is 0 Å². The quantitative estimate of drug-likeness (QED) is 0.623. The van der Waals surface area contributed by atoms with Crippen LogP contribution in [-0.4, -0.2) is 25.0 Å². The lowest BCUT2D eigenvalue weighted by Gasteiger charge is -2.12. The van der Waals surface area contributed by atoms with Crippen molar-refractivity contribution in [3.8, 4) is 0 Å². The number of hydrogen-bond donors (Lipinski definition) is 2. The number of halogens is 4. The highest BCUT2D eigenvalue weighted by Gasteiger charge is 2.27. The molecule has 1 atom stereocenters. The molecule has 18 heavy (non-hydrogen) atoms. The fourth-order valence-corrected chi connectivity index (χ4v) is 1.81. The molecule has 3 nitrogen and oxygen atoms in total. The molecule has 2 rings (SSSR count). The fraction of sp³-hybridized carbons (Fsp3) is 0.364. The molecule has 2 N–H and O–H groups in total. The molecule has 0 bridgehead atoms. The molecule has 0 spiro atoms. The minimum absolute atomic E-state index is 0.0680. The van der Waals surface area contributed by atoms with Gasteiger partial charge in [0.2, 0.25) is 0 Å². The summed E-state index contributed by atoms with van der Waals surface area (Å²) in [6.07, 6.45) is 0.590. The van der Waals surface area contributed by atoms with Gasteiger partial charge >= 0.3 is 0 Å². The van der Waals surface area contributed by atoms with Gasteiger partial charge < -0.3 is 10.6 Å². The Labute approximate surface area is 100 Å². The summed E-state index contributed by atoms with van der Waals surface area (Å²) in [7, 11) is 0. The lowest BCUT2D eigenvalue weighted by Crippen LogP contribution is -2.37. The molecule has 1 aliphatic rings. The van der Waals surface area contributed by atoms with Gasteiger partial charge in [-0.25, -0.2) is 17.6 Å². The predicted octanol–water partition coefficient (Wildman–Crippen LogP) is 1.33. The van der Waals surface area contributed by atoms with E-state index in [1.165, 1.54) is 0 Å². The predicted molar refractivity (Wildman–Crippen MR) is 55.0 cm³/mol. The van der Waals surface area contributed by atoms with Gasteiger partial charge in [-0.1, -0.05) is 0 Å². The minimum atomic E-state index is -1.68. The molecule has 0 aliphatic carbocycles. The van der Waals surface area contributed by atoms with Gasteiger partial charge in [0, 0.05) is 18.7 Å². The van der Waals surface area contributed by atoms with E-state index in [0.717, 1.165) is 0 Å². The Morgan fingerprint density at radius 3 is 2.33 bits per heavy atom. The number of carbonyl (C=O) groups excluding carboxylic acids is 1. The van der Waals surface area contributed by atoms with Crippen molar-refractivity contribution < 1.29 is 22.4 Å². The van der Waals surface area contributed by atoms with E-state index in [0.29, 0.717) is 19.5 Å². The Kier molecular flexibility index (Phi) is 3.51. The summed E-state index contributed by atoms with van der Waals surface area (Å²) in [5, 5.41) is 5.25. The van der Waals surface area contributed by atoms with Crippen molar-refractivity contribution in [1.82, 2.24) is 10.6 Å². The van der Waals surface area contributed by atoms with E-state index in [1.807, 2.05) is 0 Å². The number of nitrogens with one attached hydrogen (secondary N) is 2. The number of amides is 1. The Bertz CT molecular complexity index is 460. The van der Waals surface area contributed by atoms with Crippen LogP contribution in [0, 0.1) is 23.3 Å². The molecule has 1 aliphatic heterocycles. The number of benzene rings is 1. The van der Waals surface area contributed by atoms with Crippen LogP contribution in [0.4, 0.5) is 17.6 Å². The van der Waals surface area contributed by atoms with Crippen molar-refractivity contribution in [3.05, 3.63) is 34.9 Å². The van der Waals surface area contributed by atoms with Crippen LogP contribution in [-0.2, 0) is 0 Å². The monoisotopic (exact) mass is 262 g/mol. The van der Waals surface area contributed by atoms with Gasteiger partial charge in [0.15, 0.2) is 23.3 Å². The Morgan fingerprint density at radius 1 is 1.22 bits per heavy atom. The summed E-state index contributed by atoms with van der Waals surface area (Å²) in [6, 6.07) is -0.235. The van der Waals surface area contributed by atoms with E-state index in [-0.39, 0.29) is 12.1 Å². The zero-order valence-corrected chi connectivity index (χ0v) is 9.20. The fourth-order valence-electron chi connectivity index (χ4n) is 1.81. The van der Waals surface area contributed by atoms with Gasteiger partial charge in [-0.2, -0.15) is 0 Å². The largest absolute Gasteiger partial charge is 0.348 e. The van der Waals surface area contributed by atoms with E-state index in [9.17, 15) is 22.4 Å². The molecule has 0 aromatic heterocycles. The van der Waals surface area contributed by atoms with Crippen LogP contribution in [0.15, 0.2) is 6.07 Å². The molecular formula is C11H10F4N2O. The SMILES string of the molecule is O=C(NC1CCNC1)c1c(F)c(F)cc(F)c1F. The van der Waals surface area contributed by atoms with Crippen LogP contribution in [0.25, 0.3) is 0 Å². The van der Waals surface area contributed by atoms with E-state index in [4.69, 9.17) is 0 Å². The van der Waals surface area contributed by atoms with Crippen molar-refractivity contribution in [1.29, 1.82) is 0 Å². The maximum Gasteiger partial charge on any atom is 0.257 e. The van der Waals surface area contributed by atoms with Gasteiger partial charge in [-0.15, -0.1) is 0 Å². The maximum atomic E-state index is 13.3. The molecule has 1 saturated heterocycles. The molecule has 0 saturated carbocycles. The first kappa shape index (κ1) is 12.8. The molecule has 1 unspecified atom stereocenters. The van der Waals surface area contributed by atoms with Crippen molar-refractivity contribution >= 4 is 5.91 Å². The first-order chi connectivity index (χ1) is 8.50. The number of hydrogen-bond acceptors (Lipinski definition) is 2. The van der Waals surface area contributed by atoms with Gasteiger partial charge in [0.1, 0.15) is 5.56 Å². The van der Waals surface area contributed by atoms with Gasteiger partial charge in [0.25, 0.3) is 5.91 Å². The Balaban J connectivity index is 2.29. The summed E-state index contributed by atoms with van der Waals surface area (Å²) in [5.74, 6) is -7.71. The molecule has 98 valence electrons. The van der Waals surface area contributed by atoms with Crippen LogP contribution >= 0.6 is 0 Å². The summed E-state index contributed by atoms with van der Waals surface area (Å²) >= 11 is 0. The molecule has 1 aromatic carbocycles. The van der Waals surface area contributed by atoms with E-state index in [2.05, 4.69) is 10.6 Å². The van der Waals surface area contributed by atoms with E-state index < -0.39 is 34.7 Å². The summed E-state index contributed by atoms with van der Waals surface area (Å²) in [6.45, 7) is 1.11. The summed E-state index contributed by atoms with van der Waals surface area (Å²) in [4.78, 5) is 11.6. The van der Waals surface area contributed by atoms with E-state index >= 15 is 0 Å². The zero-order chi connectivity index (χ0) is 13.3. The second-order valence-electron chi connectivity index (χ2n) is 4.01. The highest BCUT2D eigenvalue weighted by Crippen LogP contribution is 2.19. The van der Waals surface area contributed by atoms with Crippen molar-refractivity contribution in [2.75, 3.05) is 13.1 Å². The zero-order valence-electron chi connectivity index (χ0n) is 9.20. The first-order valence-corrected chi connectivity index (χ1v) is 5.35. The highest BCUT2D eigenvalue weighted by molar-refractivity contribution is 5.95. The van der Waals surface area contributed by atoms with E-state index in [1.54, 1.807) is 0 Å². The minimum Gasteiger partial charge on any atom is -0.348 e. The molecule has 0 radical (unpaired) electrons. The Morgan fingerprint density at radius 2 is 1.83 bits per heavy atom. The smallest absolute Gasteiger partial charge is 0.257 e. The summed E-state index contributed by atoms with van der Waals surface area (Å²) < 4.78 is 52.5. The third kappa shape index (κ3) is 2.31. The highest BCUT2D eigenvalue weighted by atomic mass is 19.2. The average molecular weight is 262 g/mol. The molecular weight excluding hydrogens is 252 g/mol. The third-order valence-corrected chi connectivity index (χ3v) is 2.73. The normalized spacial score (nSPS) is 19.0. The second-order valence-corrected chi connectivity index (χ2v) is 4.01. The molecule has 1 amide bonds. The third-order valence-electron chi connectivity index (χ3n) is 2.73.